The van der Waals surface area contributed by atoms with Gasteiger partial charge in [0.15, 0.2) is 11.0 Å². The Morgan fingerprint density at radius 1 is 1.06 bits per heavy atom. The Hall–Kier alpha value is -2.87. The zero-order valence-corrected chi connectivity index (χ0v) is 18.3. The molecule has 0 radical (unpaired) electrons. The summed E-state index contributed by atoms with van der Waals surface area (Å²) in [6.07, 6.45) is 3.26. The van der Waals surface area contributed by atoms with Crippen LogP contribution in [0.15, 0.2) is 53.7 Å². The number of para-hydroxylation sites is 1. The van der Waals surface area contributed by atoms with Gasteiger partial charge in [-0.25, -0.2) is 4.39 Å². The maximum absolute atomic E-state index is 14.7. The van der Waals surface area contributed by atoms with Crippen LogP contribution in [0.1, 0.15) is 26.2 Å². The molecule has 1 aromatic heterocycles. The highest BCUT2D eigenvalue weighted by molar-refractivity contribution is 7.99. The first-order valence-corrected chi connectivity index (χ1v) is 11.5. The minimum absolute atomic E-state index is 0.0791. The van der Waals surface area contributed by atoms with Gasteiger partial charge in [0.2, 0.25) is 5.91 Å². The number of benzene rings is 2. The zero-order chi connectivity index (χ0) is 21.6. The number of halogens is 1. The van der Waals surface area contributed by atoms with E-state index >= 15 is 0 Å². The summed E-state index contributed by atoms with van der Waals surface area (Å²) in [5.74, 6) is 1.22. The third-order valence-electron chi connectivity index (χ3n) is 5.18. The van der Waals surface area contributed by atoms with Crippen LogP contribution in [-0.2, 0) is 4.79 Å². The average molecular weight is 441 g/mol. The molecule has 2 aromatic carbocycles. The first-order chi connectivity index (χ1) is 15.2. The molecular weight excluding hydrogens is 415 g/mol. The summed E-state index contributed by atoms with van der Waals surface area (Å²) in [4.78, 5) is 14.5. The van der Waals surface area contributed by atoms with Gasteiger partial charge in [-0.2, -0.15) is 0 Å². The Bertz CT molecular complexity index is 1030. The van der Waals surface area contributed by atoms with Gasteiger partial charge in [-0.3, -0.25) is 9.36 Å². The molecule has 2 heterocycles. The molecule has 0 atom stereocenters. The number of piperidine rings is 1. The van der Waals surface area contributed by atoms with E-state index in [0.717, 1.165) is 37.2 Å². The maximum Gasteiger partial charge on any atom is 0.233 e. The van der Waals surface area contributed by atoms with Crippen molar-refractivity contribution >= 4 is 17.7 Å². The number of nitrogens with zero attached hydrogens (tertiary/aromatic N) is 4. The first-order valence-electron chi connectivity index (χ1n) is 10.5. The van der Waals surface area contributed by atoms with Gasteiger partial charge in [-0.1, -0.05) is 23.9 Å². The second-order valence-electron chi connectivity index (χ2n) is 7.28. The molecule has 0 bridgehead atoms. The van der Waals surface area contributed by atoms with Gasteiger partial charge < -0.3 is 9.64 Å². The molecule has 0 N–H and O–H groups in total. The number of hydrogen-bond acceptors (Lipinski definition) is 5. The normalized spacial score (nSPS) is 13.9. The van der Waals surface area contributed by atoms with Gasteiger partial charge in [-0.05, 0) is 62.6 Å². The maximum atomic E-state index is 14.7. The second kappa shape index (κ2) is 9.96. The molecule has 1 fully saturated rings. The molecule has 8 heteroatoms. The number of carbonyl (C=O) groups excluding carboxylic acids is 1. The van der Waals surface area contributed by atoms with Crippen LogP contribution in [-0.4, -0.2) is 51.0 Å². The average Bonchev–Trinajstić information content (AvgIpc) is 3.23. The lowest BCUT2D eigenvalue weighted by molar-refractivity contribution is -0.129. The van der Waals surface area contributed by atoms with Gasteiger partial charge in [0.1, 0.15) is 11.6 Å². The molecule has 1 saturated heterocycles. The molecule has 1 aliphatic heterocycles. The molecule has 0 unspecified atom stereocenters. The summed E-state index contributed by atoms with van der Waals surface area (Å²) in [5.41, 5.74) is 1.14. The predicted molar refractivity (Wildman–Crippen MR) is 119 cm³/mol. The fraction of sp³-hybridized carbons (Fsp3) is 0.348. The van der Waals surface area contributed by atoms with Gasteiger partial charge in [0, 0.05) is 18.7 Å². The molecule has 0 aliphatic carbocycles. The summed E-state index contributed by atoms with van der Waals surface area (Å²) in [5, 5.41) is 9.11. The van der Waals surface area contributed by atoms with E-state index in [1.165, 1.54) is 24.2 Å². The van der Waals surface area contributed by atoms with Crippen molar-refractivity contribution in [2.24, 2.45) is 0 Å². The summed E-state index contributed by atoms with van der Waals surface area (Å²) in [6, 6.07) is 14.0. The number of rotatable bonds is 7. The van der Waals surface area contributed by atoms with Crippen molar-refractivity contribution in [1.29, 1.82) is 0 Å². The molecule has 0 saturated carbocycles. The van der Waals surface area contributed by atoms with Crippen molar-refractivity contribution in [2.75, 3.05) is 25.4 Å². The van der Waals surface area contributed by atoms with Crippen LogP contribution in [0, 0.1) is 5.82 Å². The van der Waals surface area contributed by atoms with E-state index in [0.29, 0.717) is 23.3 Å². The van der Waals surface area contributed by atoms with Gasteiger partial charge in [0.05, 0.1) is 18.0 Å². The van der Waals surface area contributed by atoms with Crippen molar-refractivity contribution in [2.45, 2.75) is 31.3 Å². The SMILES string of the molecule is CCOc1ccc(-c2nnc(SCC(=O)N3CCCCC3)n2-c2ccccc2F)cc1. The number of thioether (sulfide) groups is 1. The van der Waals surface area contributed by atoms with Crippen LogP contribution in [0.4, 0.5) is 4.39 Å². The lowest BCUT2D eigenvalue weighted by Gasteiger charge is -2.26. The molecule has 4 rings (SSSR count). The molecule has 162 valence electrons. The van der Waals surface area contributed by atoms with Crippen molar-refractivity contribution in [1.82, 2.24) is 19.7 Å². The number of likely N-dealkylation sites (tertiary alicyclic amines) is 1. The van der Waals surface area contributed by atoms with Crippen LogP contribution in [0.2, 0.25) is 0 Å². The zero-order valence-electron chi connectivity index (χ0n) is 17.5. The lowest BCUT2D eigenvalue weighted by Crippen LogP contribution is -2.36. The fourth-order valence-electron chi connectivity index (χ4n) is 3.63. The van der Waals surface area contributed by atoms with E-state index < -0.39 is 0 Å². The van der Waals surface area contributed by atoms with Crippen LogP contribution in [0.3, 0.4) is 0 Å². The molecule has 3 aromatic rings. The van der Waals surface area contributed by atoms with E-state index in [4.69, 9.17) is 4.74 Å². The highest BCUT2D eigenvalue weighted by Gasteiger charge is 2.22. The topological polar surface area (TPSA) is 60.3 Å². The molecular formula is C23H25FN4O2S. The van der Waals surface area contributed by atoms with E-state index in [-0.39, 0.29) is 17.5 Å². The Kier molecular flexibility index (Phi) is 6.86. The Morgan fingerprint density at radius 3 is 2.52 bits per heavy atom. The minimum atomic E-state index is -0.376. The number of hydrogen-bond donors (Lipinski definition) is 0. The van der Waals surface area contributed by atoms with Crippen molar-refractivity contribution in [3.05, 3.63) is 54.3 Å². The van der Waals surface area contributed by atoms with Crippen LogP contribution in [0.25, 0.3) is 17.1 Å². The van der Waals surface area contributed by atoms with E-state index in [1.807, 2.05) is 36.1 Å². The molecule has 1 amide bonds. The second-order valence-corrected chi connectivity index (χ2v) is 8.22. The molecule has 31 heavy (non-hydrogen) atoms. The third kappa shape index (κ3) is 4.90. The van der Waals surface area contributed by atoms with Crippen molar-refractivity contribution in [3.63, 3.8) is 0 Å². The van der Waals surface area contributed by atoms with Gasteiger partial charge in [0.25, 0.3) is 0 Å². The Labute approximate surface area is 185 Å². The van der Waals surface area contributed by atoms with E-state index in [9.17, 15) is 9.18 Å². The summed E-state index contributed by atoms with van der Waals surface area (Å²) in [7, 11) is 0. The minimum Gasteiger partial charge on any atom is -0.494 e. The Morgan fingerprint density at radius 2 is 1.81 bits per heavy atom. The van der Waals surface area contributed by atoms with Crippen LogP contribution < -0.4 is 4.74 Å². The third-order valence-corrected chi connectivity index (χ3v) is 6.10. The quantitative estimate of drug-likeness (QED) is 0.504. The predicted octanol–water partition coefficient (Wildman–Crippen LogP) is 4.58. The van der Waals surface area contributed by atoms with Crippen LogP contribution >= 0.6 is 11.8 Å². The van der Waals surface area contributed by atoms with E-state index in [1.54, 1.807) is 22.8 Å². The van der Waals surface area contributed by atoms with Crippen LogP contribution in [0.5, 0.6) is 5.75 Å². The largest absolute Gasteiger partial charge is 0.494 e. The Balaban J connectivity index is 1.64. The summed E-state index contributed by atoms with van der Waals surface area (Å²) < 4.78 is 21.9. The molecule has 0 spiro atoms. The number of aromatic nitrogens is 3. The standard InChI is InChI=1S/C23H25FN4O2S/c1-2-30-18-12-10-17(11-13-18)22-25-26-23(28(22)20-9-5-4-8-19(20)24)31-16-21(29)27-14-6-3-7-15-27/h4-5,8-13H,2-3,6-7,14-16H2,1H3. The smallest absolute Gasteiger partial charge is 0.233 e. The fourth-order valence-corrected chi connectivity index (χ4v) is 4.48. The van der Waals surface area contributed by atoms with E-state index in [2.05, 4.69) is 10.2 Å². The molecule has 1 aliphatic rings. The highest BCUT2D eigenvalue weighted by Crippen LogP contribution is 2.30. The number of carbonyl (C=O) groups is 1. The monoisotopic (exact) mass is 440 g/mol. The molecule has 6 nitrogen and oxygen atoms in total. The number of amides is 1. The van der Waals surface area contributed by atoms with Crippen molar-refractivity contribution < 1.29 is 13.9 Å². The summed E-state index contributed by atoms with van der Waals surface area (Å²) >= 11 is 1.29. The summed E-state index contributed by atoms with van der Waals surface area (Å²) in [6.45, 7) is 4.11. The first kappa shape index (κ1) is 21.4. The van der Waals surface area contributed by atoms with Gasteiger partial charge in [-0.15, -0.1) is 10.2 Å². The van der Waals surface area contributed by atoms with Gasteiger partial charge >= 0.3 is 0 Å². The van der Waals surface area contributed by atoms with Crippen molar-refractivity contribution in [3.8, 4) is 22.8 Å². The lowest BCUT2D eigenvalue weighted by atomic mass is 10.1. The number of ether oxygens (including phenoxy) is 1. The highest BCUT2D eigenvalue weighted by atomic mass is 32.2.